The minimum atomic E-state index is -0.516. The van der Waals surface area contributed by atoms with E-state index in [2.05, 4.69) is 5.32 Å². The number of nitrogens with zero attached hydrogens (tertiary/aromatic N) is 2. The first-order valence-corrected chi connectivity index (χ1v) is 7.26. The molecule has 3 amide bonds. The first kappa shape index (κ1) is 15.9. The quantitative estimate of drug-likeness (QED) is 0.853. The first-order chi connectivity index (χ1) is 10.5. The summed E-state index contributed by atoms with van der Waals surface area (Å²) < 4.78 is 5.04. The Balaban J connectivity index is 2.17. The van der Waals surface area contributed by atoms with E-state index in [1.807, 2.05) is 32.0 Å². The van der Waals surface area contributed by atoms with Gasteiger partial charge in [0.2, 0.25) is 0 Å². The number of hydrogen-bond donors (Lipinski definition) is 1. The molecule has 0 unspecified atom stereocenters. The van der Waals surface area contributed by atoms with Crippen LogP contribution < -0.4 is 5.32 Å². The number of ether oxygens (including phenoxy) is 1. The Morgan fingerprint density at radius 1 is 1.09 bits per heavy atom. The van der Waals surface area contributed by atoms with Crippen molar-refractivity contribution in [3.8, 4) is 0 Å². The second kappa shape index (κ2) is 6.98. The molecule has 118 valence electrons. The maximum atomic E-state index is 12.5. The number of benzene rings is 1. The van der Waals surface area contributed by atoms with E-state index in [0.29, 0.717) is 18.8 Å². The number of carbonyl (C=O) groups excluding carboxylic acids is 2. The zero-order valence-electron chi connectivity index (χ0n) is 13.1. The fourth-order valence-electron chi connectivity index (χ4n) is 2.14. The standard InChI is InChI=1S/C16H21N3O3/c1-4-22-16(21)19-11-13(3)12(2)10-18(19)15(20)17-14-8-6-5-7-9-14/h5-9H,4,10-11H2,1-3H3,(H,17,20). The van der Waals surface area contributed by atoms with Crippen molar-refractivity contribution in [2.24, 2.45) is 0 Å². The lowest BCUT2D eigenvalue weighted by Gasteiger charge is -2.38. The number of anilines is 1. The highest BCUT2D eigenvalue weighted by atomic mass is 16.6. The summed E-state index contributed by atoms with van der Waals surface area (Å²) in [6.07, 6.45) is -0.516. The van der Waals surface area contributed by atoms with Crippen molar-refractivity contribution in [2.75, 3.05) is 25.0 Å². The van der Waals surface area contributed by atoms with Gasteiger partial charge in [-0.05, 0) is 32.9 Å². The average Bonchev–Trinajstić information content (AvgIpc) is 2.50. The largest absolute Gasteiger partial charge is 0.448 e. The minimum absolute atomic E-state index is 0.269. The Bertz CT molecular complexity index is 584. The van der Waals surface area contributed by atoms with Gasteiger partial charge in [-0.2, -0.15) is 0 Å². The molecule has 2 rings (SSSR count). The molecule has 0 aliphatic carbocycles. The third-order valence-electron chi connectivity index (χ3n) is 3.53. The maximum absolute atomic E-state index is 12.5. The lowest BCUT2D eigenvalue weighted by molar-refractivity contribution is 0.0153. The first-order valence-electron chi connectivity index (χ1n) is 7.26. The van der Waals surface area contributed by atoms with E-state index in [9.17, 15) is 9.59 Å². The van der Waals surface area contributed by atoms with Gasteiger partial charge >= 0.3 is 12.1 Å². The van der Waals surface area contributed by atoms with Gasteiger partial charge in [0, 0.05) is 5.69 Å². The Hall–Kier alpha value is -2.50. The van der Waals surface area contributed by atoms with Crippen LogP contribution in [0.25, 0.3) is 0 Å². The van der Waals surface area contributed by atoms with Crippen LogP contribution in [0.5, 0.6) is 0 Å². The number of carbonyl (C=O) groups is 2. The van der Waals surface area contributed by atoms with Crippen molar-refractivity contribution in [3.63, 3.8) is 0 Å². The van der Waals surface area contributed by atoms with Gasteiger partial charge in [-0.15, -0.1) is 0 Å². The monoisotopic (exact) mass is 303 g/mol. The van der Waals surface area contributed by atoms with Crippen LogP contribution in [0.15, 0.2) is 41.5 Å². The third kappa shape index (κ3) is 3.58. The van der Waals surface area contributed by atoms with Crippen LogP contribution in [0.2, 0.25) is 0 Å². The summed E-state index contributed by atoms with van der Waals surface area (Å²) in [4.78, 5) is 24.6. The van der Waals surface area contributed by atoms with Gasteiger partial charge in [0.25, 0.3) is 0 Å². The molecule has 1 aliphatic rings. The fourth-order valence-corrected chi connectivity index (χ4v) is 2.14. The number of rotatable bonds is 2. The zero-order chi connectivity index (χ0) is 16.1. The number of hydrazine groups is 1. The van der Waals surface area contributed by atoms with Crippen molar-refractivity contribution in [3.05, 3.63) is 41.5 Å². The highest BCUT2D eigenvalue weighted by molar-refractivity contribution is 5.90. The molecule has 0 spiro atoms. The lowest BCUT2D eigenvalue weighted by atomic mass is 10.1. The summed E-state index contributed by atoms with van der Waals surface area (Å²) in [6, 6.07) is 8.78. The van der Waals surface area contributed by atoms with Crippen molar-refractivity contribution >= 4 is 17.8 Å². The molecule has 0 atom stereocenters. The normalized spacial score (nSPS) is 14.9. The molecule has 6 heteroatoms. The number of para-hydroxylation sites is 1. The molecular weight excluding hydrogens is 282 g/mol. The molecule has 1 N–H and O–H groups in total. The van der Waals surface area contributed by atoms with E-state index >= 15 is 0 Å². The predicted octanol–water partition coefficient (Wildman–Crippen LogP) is 3.24. The molecule has 0 radical (unpaired) electrons. The van der Waals surface area contributed by atoms with Gasteiger partial charge in [0.15, 0.2) is 0 Å². The second-order valence-electron chi connectivity index (χ2n) is 5.17. The molecule has 22 heavy (non-hydrogen) atoms. The summed E-state index contributed by atoms with van der Waals surface area (Å²) in [5.74, 6) is 0. The second-order valence-corrected chi connectivity index (χ2v) is 5.17. The van der Waals surface area contributed by atoms with Crippen LogP contribution in [0, 0.1) is 0 Å². The average molecular weight is 303 g/mol. The van der Waals surface area contributed by atoms with Crippen LogP contribution in [0.3, 0.4) is 0 Å². The number of hydrogen-bond acceptors (Lipinski definition) is 3. The van der Waals surface area contributed by atoms with Crippen molar-refractivity contribution < 1.29 is 14.3 Å². The number of urea groups is 1. The van der Waals surface area contributed by atoms with E-state index < -0.39 is 6.09 Å². The maximum Gasteiger partial charge on any atom is 0.429 e. The molecule has 0 fully saturated rings. The van der Waals surface area contributed by atoms with Gasteiger partial charge in [0.05, 0.1) is 19.7 Å². The molecule has 1 heterocycles. The molecule has 0 saturated heterocycles. The molecule has 1 aliphatic heterocycles. The van der Waals surface area contributed by atoms with E-state index in [0.717, 1.165) is 11.1 Å². The molecular formula is C16H21N3O3. The highest BCUT2D eigenvalue weighted by Gasteiger charge is 2.31. The van der Waals surface area contributed by atoms with Gasteiger partial charge in [0.1, 0.15) is 0 Å². The molecule has 1 aromatic carbocycles. The van der Waals surface area contributed by atoms with Crippen LogP contribution in [0.1, 0.15) is 20.8 Å². The summed E-state index contributed by atoms with van der Waals surface area (Å²) in [7, 11) is 0. The van der Waals surface area contributed by atoms with E-state index in [1.54, 1.807) is 19.1 Å². The van der Waals surface area contributed by atoms with Gasteiger partial charge in [-0.3, -0.25) is 0 Å². The smallest absolute Gasteiger partial charge is 0.429 e. The Morgan fingerprint density at radius 3 is 2.27 bits per heavy atom. The van der Waals surface area contributed by atoms with Gasteiger partial charge in [-0.25, -0.2) is 19.6 Å². The summed E-state index contributed by atoms with van der Waals surface area (Å²) in [5, 5.41) is 5.51. The molecule has 0 bridgehead atoms. The molecule has 6 nitrogen and oxygen atoms in total. The summed E-state index contributed by atoms with van der Waals surface area (Å²) in [5.41, 5.74) is 2.82. The van der Waals surface area contributed by atoms with Gasteiger partial charge in [-0.1, -0.05) is 29.3 Å². The minimum Gasteiger partial charge on any atom is -0.448 e. The van der Waals surface area contributed by atoms with E-state index in [4.69, 9.17) is 4.74 Å². The van der Waals surface area contributed by atoms with E-state index in [-0.39, 0.29) is 12.6 Å². The van der Waals surface area contributed by atoms with Crippen molar-refractivity contribution in [1.82, 2.24) is 10.0 Å². The number of amides is 3. The molecule has 0 saturated carbocycles. The number of nitrogens with one attached hydrogen (secondary N) is 1. The van der Waals surface area contributed by atoms with Crippen LogP contribution in [-0.2, 0) is 4.74 Å². The van der Waals surface area contributed by atoms with Crippen molar-refractivity contribution in [1.29, 1.82) is 0 Å². The summed E-state index contributed by atoms with van der Waals surface area (Å²) in [6.45, 7) is 6.64. The summed E-state index contributed by atoms with van der Waals surface area (Å²) >= 11 is 0. The van der Waals surface area contributed by atoms with Crippen molar-refractivity contribution in [2.45, 2.75) is 20.8 Å². The van der Waals surface area contributed by atoms with Crippen LogP contribution in [-0.4, -0.2) is 41.8 Å². The zero-order valence-corrected chi connectivity index (χ0v) is 13.1. The predicted molar refractivity (Wildman–Crippen MR) is 84.3 cm³/mol. The molecule has 0 aromatic heterocycles. The third-order valence-corrected chi connectivity index (χ3v) is 3.53. The van der Waals surface area contributed by atoms with Gasteiger partial charge < -0.3 is 10.1 Å². The topological polar surface area (TPSA) is 61.9 Å². The Kier molecular flexibility index (Phi) is 5.04. The fraction of sp³-hybridized carbons (Fsp3) is 0.375. The van der Waals surface area contributed by atoms with E-state index in [1.165, 1.54) is 10.0 Å². The van der Waals surface area contributed by atoms with Crippen LogP contribution in [0.4, 0.5) is 15.3 Å². The van der Waals surface area contributed by atoms with Crippen LogP contribution >= 0.6 is 0 Å². The SMILES string of the molecule is CCOC(=O)N1CC(C)=C(C)CN1C(=O)Nc1ccccc1. The highest BCUT2D eigenvalue weighted by Crippen LogP contribution is 2.19. The molecule has 1 aromatic rings. The Labute approximate surface area is 130 Å². The Morgan fingerprint density at radius 2 is 1.68 bits per heavy atom. The lowest BCUT2D eigenvalue weighted by Crippen LogP contribution is -2.55.